The number of hydrogen-bond acceptors (Lipinski definition) is 5. The molecule has 0 aliphatic carbocycles. The van der Waals surface area contributed by atoms with E-state index in [4.69, 9.17) is 0 Å². The third kappa shape index (κ3) is 5.63. The van der Waals surface area contributed by atoms with Gasteiger partial charge in [-0.25, -0.2) is 4.98 Å². The van der Waals surface area contributed by atoms with E-state index in [0.717, 1.165) is 10.7 Å². The van der Waals surface area contributed by atoms with Crippen LogP contribution in [0.15, 0.2) is 53.6 Å². The van der Waals surface area contributed by atoms with Gasteiger partial charge in [0.05, 0.1) is 0 Å². The fourth-order valence-electron chi connectivity index (χ4n) is 1.80. The number of anilines is 2. The average Bonchev–Trinajstić information content (AvgIpc) is 2.59. The highest BCUT2D eigenvalue weighted by molar-refractivity contribution is 7.98. The smallest absolute Gasteiger partial charge is 0.313 e. The van der Waals surface area contributed by atoms with Crippen LogP contribution in [0.25, 0.3) is 0 Å². The quantitative estimate of drug-likeness (QED) is 0.428. The molecule has 7 heteroatoms. The number of carbonyl (C=O) groups excluding carboxylic acids is 2. The number of carbonyl (C=O) groups is 2. The van der Waals surface area contributed by atoms with Gasteiger partial charge in [-0.3, -0.25) is 9.59 Å². The molecule has 23 heavy (non-hydrogen) atoms. The van der Waals surface area contributed by atoms with Gasteiger partial charge in [0.1, 0.15) is 5.82 Å². The Bertz CT molecular complexity index is 664. The van der Waals surface area contributed by atoms with Gasteiger partial charge in [0, 0.05) is 29.9 Å². The van der Waals surface area contributed by atoms with Crippen molar-refractivity contribution in [2.75, 3.05) is 30.0 Å². The highest BCUT2D eigenvalue weighted by atomic mass is 32.2. The molecule has 0 fully saturated rings. The van der Waals surface area contributed by atoms with Crippen LogP contribution in [0.5, 0.6) is 0 Å². The molecular weight excluding hydrogens is 312 g/mol. The molecule has 2 aromatic rings. The zero-order valence-corrected chi connectivity index (χ0v) is 13.5. The molecule has 0 aliphatic rings. The Hall–Kier alpha value is -2.54. The van der Waals surface area contributed by atoms with Crippen LogP contribution >= 0.6 is 11.8 Å². The first-order valence-corrected chi connectivity index (χ1v) is 8.29. The maximum absolute atomic E-state index is 11.8. The zero-order valence-electron chi connectivity index (χ0n) is 12.7. The second kappa shape index (κ2) is 8.79. The van der Waals surface area contributed by atoms with E-state index in [1.807, 2.05) is 42.7 Å². The summed E-state index contributed by atoms with van der Waals surface area (Å²) in [6.07, 6.45) is 3.62. The summed E-state index contributed by atoms with van der Waals surface area (Å²) in [5.41, 5.74) is 0.601. The molecule has 0 radical (unpaired) electrons. The van der Waals surface area contributed by atoms with E-state index >= 15 is 0 Å². The molecule has 6 nitrogen and oxygen atoms in total. The van der Waals surface area contributed by atoms with Crippen molar-refractivity contribution in [1.82, 2.24) is 10.3 Å². The molecule has 120 valence electrons. The molecule has 1 heterocycles. The van der Waals surface area contributed by atoms with E-state index in [2.05, 4.69) is 20.9 Å². The van der Waals surface area contributed by atoms with Gasteiger partial charge in [-0.15, -0.1) is 11.8 Å². The molecule has 0 saturated heterocycles. The van der Waals surface area contributed by atoms with Gasteiger partial charge in [0.25, 0.3) is 0 Å². The van der Waals surface area contributed by atoms with Crippen LogP contribution < -0.4 is 16.0 Å². The van der Waals surface area contributed by atoms with Crippen molar-refractivity contribution in [3.8, 4) is 0 Å². The Balaban J connectivity index is 1.73. The molecule has 0 aliphatic heterocycles. The maximum Gasteiger partial charge on any atom is 0.313 e. The monoisotopic (exact) mass is 330 g/mol. The SMILES string of the molecule is CSc1cccc(NC(=O)C(=O)NCCNc2ccccn2)c1. The normalized spacial score (nSPS) is 9.96. The molecule has 2 amide bonds. The van der Waals surface area contributed by atoms with Crippen LogP contribution in [-0.2, 0) is 9.59 Å². The molecule has 2 rings (SSSR count). The summed E-state index contributed by atoms with van der Waals surface area (Å²) in [4.78, 5) is 28.7. The second-order valence-corrected chi connectivity index (χ2v) is 5.46. The number of amides is 2. The fraction of sp³-hybridized carbons (Fsp3) is 0.188. The number of nitrogens with one attached hydrogen (secondary N) is 3. The largest absolute Gasteiger partial charge is 0.368 e. The number of rotatable bonds is 6. The highest BCUT2D eigenvalue weighted by Crippen LogP contribution is 2.18. The first-order valence-electron chi connectivity index (χ1n) is 7.07. The molecular formula is C16H18N4O2S. The predicted molar refractivity (Wildman–Crippen MR) is 92.6 cm³/mol. The maximum atomic E-state index is 11.8. The minimum Gasteiger partial charge on any atom is -0.368 e. The third-order valence-corrected chi connectivity index (χ3v) is 3.64. The van der Waals surface area contributed by atoms with Crippen LogP contribution in [-0.4, -0.2) is 36.1 Å². The Morgan fingerprint density at radius 2 is 1.96 bits per heavy atom. The second-order valence-electron chi connectivity index (χ2n) is 4.58. The molecule has 0 unspecified atom stereocenters. The molecule has 0 bridgehead atoms. The van der Waals surface area contributed by atoms with E-state index in [9.17, 15) is 9.59 Å². The molecule has 0 spiro atoms. The van der Waals surface area contributed by atoms with Gasteiger partial charge < -0.3 is 16.0 Å². The Labute approximate surface area is 139 Å². The van der Waals surface area contributed by atoms with Crippen molar-refractivity contribution in [3.63, 3.8) is 0 Å². The molecule has 3 N–H and O–H groups in total. The Kier molecular flexibility index (Phi) is 6.43. The Morgan fingerprint density at radius 1 is 1.09 bits per heavy atom. The highest BCUT2D eigenvalue weighted by Gasteiger charge is 2.12. The minimum absolute atomic E-state index is 0.327. The van der Waals surface area contributed by atoms with Gasteiger partial charge in [-0.05, 0) is 36.6 Å². The molecule has 1 aromatic carbocycles. The lowest BCUT2D eigenvalue weighted by Crippen LogP contribution is -2.37. The number of hydrogen-bond donors (Lipinski definition) is 3. The standard InChI is InChI=1S/C16H18N4O2S/c1-23-13-6-4-5-12(11-13)20-16(22)15(21)19-10-9-18-14-7-2-3-8-17-14/h2-8,11H,9-10H2,1H3,(H,17,18)(H,19,21)(H,20,22). The topological polar surface area (TPSA) is 83.1 Å². The lowest BCUT2D eigenvalue weighted by atomic mass is 10.3. The number of nitrogens with zero attached hydrogens (tertiary/aromatic N) is 1. The van der Waals surface area contributed by atoms with Crippen molar-refractivity contribution < 1.29 is 9.59 Å². The van der Waals surface area contributed by atoms with Crippen LogP contribution in [0, 0.1) is 0 Å². The van der Waals surface area contributed by atoms with Gasteiger partial charge >= 0.3 is 11.8 Å². The number of pyridine rings is 1. The van der Waals surface area contributed by atoms with Gasteiger partial charge in [-0.2, -0.15) is 0 Å². The summed E-state index contributed by atoms with van der Waals surface area (Å²) in [5.74, 6) is -0.622. The van der Waals surface area contributed by atoms with Crippen LogP contribution in [0.1, 0.15) is 0 Å². The number of aromatic nitrogens is 1. The van der Waals surface area contributed by atoms with Crippen LogP contribution in [0.3, 0.4) is 0 Å². The lowest BCUT2D eigenvalue weighted by Gasteiger charge is -2.08. The van der Waals surface area contributed by atoms with E-state index in [1.54, 1.807) is 24.0 Å². The predicted octanol–water partition coefficient (Wildman–Crippen LogP) is 1.97. The summed E-state index contributed by atoms with van der Waals surface area (Å²) < 4.78 is 0. The number of benzene rings is 1. The third-order valence-electron chi connectivity index (χ3n) is 2.92. The minimum atomic E-state index is -0.680. The van der Waals surface area contributed by atoms with E-state index in [0.29, 0.717) is 18.8 Å². The van der Waals surface area contributed by atoms with Gasteiger partial charge in [0.2, 0.25) is 0 Å². The van der Waals surface area contributed by atoms with Gasteiger partial charge in [-0.1, -0.05) is 12.1 Å². The first kappa shape index (κ1) is 16.8. The molecule has 0 atom stereocenters. The first-order chi connectivity index (χ1) is 11.2. The van der Waals surface area contributed by atoms with Crippen LogP contribution in [0.2, 0.25) is 0 Å². The van der Waals surface area contributed by atoms with E-state index in [-0.39, 0.29) is 0 Å². The number of thioether (sulfide) groups is 1. The fourth-order valence-corrected chi connectivity index (χ4v) is 2.26. The zero-order chi connectivity index (χ0) is 16.5. The van der Waals surface area contributed by atoms with Gasteiger partial charge in [0.15, 0.2) is 0 Å². The summed E-state index contributed by atoms with van der Waals surface area (Å²) in [6.45, 7) is 0.811. The summed E-state index contributed by atoms with van der Waals surface area (Å²) in [7, 11) is 0. The summed E-state index contributed by atoms with van der Waals surface area (Å²) >= 11 is 1.57. The van der Waals surface area contributed by atoms with Crippen LogP contribution in [0.4, 0.5) is 11.5 Å². The average molecular weight is 330 g/mol. The van der Waals surface area contributed by atoms with Crippen molar-refractivity contribution in [2.45, 2.75) is 4.90 Å². The lowest BCUT2D eigenvalue weighted by molar-refractivity contribution is -0.136. The van der Waals surface area contributed by atoms with Crippen molar-refractivity contribution in [3.05, 3.63) is 48.7 Å². The summed E-state index contributed by atoms with van der Waals surface area (Å²) in [5, 5.41) is 8.18. The Morgan fingerprint density at radius 3 is 2.70 bits per heavy atom. The van der Waals surface area contributed by atoms with Crippen molar-refractivity contribution in [2.24, 2.45) is 0 Å². The van der Waals surface area contributed by atoms with Crippen molar-refractivity contribution >= 4 is 35.1 Å². The van der Waals surface area contributed by atoms with Crippen molar-refractivity contribution in [1.29, 1.82) is 0 Å². The van der Waals surface area contributed by atoms with E-state index in [1.165, 1.54) is 0 Å². The molecule has 0 saturated carbocycles. The summed E-state index contributed by atoms with van der Waals surface area (Å²) in [6, 6.07) is 12.8. The van der Waals surface area contributed by atoms with E-state index < -0.39 is 11.8 Å². The molecule has 1 aromatic heterocycles.